The predicted octanol–water partition coefficient (Wildman–Crippen LogP) is 1.94. The molecule has 29 heavy (non-hydrogen) atoms. The number of aromatic carboxylic acids is 1. The van der Waals surface area contributed by atoms with E-state index in [0.29, 0.717) is 18.6 Å². The maximum atomic E-state index is 15.4. The van der Waals surface area contributed by atoms with E-state index in [-0.39, 0.29) is 40.5 Å². The van der Waals surface area contributed by atoms with Crippen LogP contribution in [0.25, 0.3) is 10.9 Å². The average molecular weight is 404 g/mol. The molecule has 2 aromatic rings. The Labute approximate surface area is 166 Å². The van der Waals surface area contributed by atoms with E-state index >= 15 is 4.39 Å². The number of carboxylic acids is 1. The van der Waals surface area contributed by atoms with Crippen LogP contribution < -0.4 is 26.5 Å². The van der Waals surface area contributed by atoms with E-state index in [2.05, 4.69) is 0 Å². The number of rotatable bonds is 5. The fourth-order valence-corrected chi connectivity index (χ4v) is 4.25. The third-order valence-electron chi connectivity index (χ3n) is 6.04. The highest BCUT2D eigenvalue weighted by atomic mass is 19.1. The maximum absolute atomic E-state index is 15.4. The molecule has 0 spiro atoms. The molecule has 1 saturated carbocycles. The lowest BCUT2D eigenvalue weighted by atomic mass is 10.0. The van der Waals surface area contributed by atoms with Gasteiger partial charge in [-0.2, -0.15) is 0 Å². The number of nitrogen functional groups attached to an aromatic ring is 1. The normalized spacial score (nSPS) is 20.3. The molecule has 156 valence electrons. The van der Waals surface area contributed by atoms with Crippen molar-refractivity contribution in [3.05, 3.63) is 27.8 Å². The van der Waals surface area contributed by atoms with Gasteiger partial charge in [0.15, 0.2) is 11.6 Å². The van der Waals surface area contributed by atoms with Gasteiger partial charge < -0.3 is 30.8 Å². The molecule has 2 aliphatic rings. The Morgan fingerprint density at radius 2 is 2.07 bits per heavy atom. The summed E-state index contributed by atoms with van der Waals surface area (Å²) < 4.78 is 22.8. The summed E-state index contributed by atoms with van der Waals surface area (Å²) >= 11 is 0. The first-order valence-electron chi connectivity index (χ1n) is 9.73. The van der Waals surface area contributed by atoms with Gasteiger partial charge in [-0.15, -0.1) is 0 Å². The van der Waals surface area contributed by atoms with Crippen LogP contribution in [-0.4, -0.2) is 41.9 Å². The molecular formula is C20H25FN4O4. The highest BCUT2D eigenvalue weighted by Crippen LogP contribution is 2.46. The molecule has 2 fully saturated rings. The Bertz CT molecular complexity index is 1060. The van der Waals surface area contributed by atoms with E-state index in [1.54, 1.807) is 4.57 Å². The van der Waals surface area contributed by atoms with E-state index < -0.39 is 22.8 Å². The average Bonchev–Trinajstić information content (AvgIpc) is 3.39. The second-order valence-electron chi connectivity index (χ2n) is 8.00. The summed E-state index contributed by atoms with van der Waals surface area (Å²) in [5, 5.41) is 9.31. The quantitative estimate of drug-likeness (QED) is 0.651. The molecule has 0 radical (unpaired) electrons. The molecule has 1 unspecified atom stereocenters. The second-order valence-corrected chi connectivity index (χ2v) is 8.00. The highest BCUT2D eigenvalue weighted by molar-refractivity contribution is 6.03. The largest absolute Gasteiger partial charge is 0.492 e. The number of nitrogens with two attached hydrogens (primary N) is 2. The van der Waals surface area contributed by atoms with Crippen LogP contribution >= 0.6 is 0 Å². The summed E-state index contributed by atoms with van der Waals surface area (Å²) in [6.45, 7) is 3.07. The van der Waals surface area contributed by atoms with Crippen LogP contribution in [0.1, 0.15) is 42.6 Å². The van der Waals surface area contributed by atoms with Crippen molar-refractivity contribution >= 4 is 28.2 Å². The lowest BCUT2D eigenvalue weighted by molar-refractivity contribution is 0.0695. The number of nitrogens with zero attached hydrogens (tertiary/aromatic N) is 2. The summed E-state index contributed by atoms with van der Waals surface area (Å²) in [6.07, 6.45) is 3.81. The number of hydrogen-bond donors (Lipinski definition) is 3. The van der Waals surface area contributed by atoms with Gasteiger partial charge in [0.05, 0.1) is 23.7 Å². The number of anilines is 2. The molecule has 1 aromatic heterocycles. The van der Waals surface area contributed by atoms with Crippen LogP contribution in [0.3, 0.4) is 0 Å². The van der Waals surface area contributed by atoms with Gasteiger partial charge in [-0.1, -0.05) is 0 Å². The Morgan fingerprint density at radius 1 is 1.38 bits per heavy atom. The number of benzene rings is 1. The van der Waals surface area contributed by atoms with E-state index in [0.717, 1.165) is 19.3 Å². The van der Waals surface area contributed by atoms with Gasteiger partial charge in [0.1, 0.15) is 11.3 Å². The number of carboxylic acid groups (broad SMARTS) is 1. The van der Waals surface area contributed by atoms with Gasteiger partial charge in [-0.3, -0.25) is 4.79 Å². The minimum atomic E-state index is -1.37. The summed E-state index contributed by atoms with van der Waals surface area (Å²) in [5.41, 5.74) is 11.1. The third-order valence-corrected chi connectivity index (χ3v) is 6.04. The zero-order chi connectivity index (χ0) is 21.0. The molecule has 1 saturated heterocycles. The third kappa shape index (κ3) is 3.00. The molecule has 1 aliphatic carbocycles. The number of hydrogen-bond acceptors (Lipinski definition) is 6. The van der Waals surface area contributed by atoms with Gasteiger partial charge in [0, 0.05) is 31.4 Å². The summed E-state index contributed by atoms with van der Waals surface area (Å²) in [4.78, 5) is 26.3. The van der Waals surface area contributed by atoms with Crippen LogP contribution in [-0.2, 0) is 0 Å². The Morgan fingerprint density at radius 3 is 2.59 bits per heavy atom. The fraction of sp³-hybridized carbons (Fsp3) is 0.500. The molecule has 0 bridgehead atoms. The highest BCUT2D eigenvalue weighted by Gasteiger charge is 2.35. The summed E-state index contributed by atoms with van der Waals surface area (Å²) in [6, 6.07) is -0.00664. The lowest BCUT2D eigenvalue weighted by Crippen LogP contribution is -2.30. The second kappa shape index (κ2) is 6.91. The fourth-order valence-electron chi connectivity index (χ4n) is 4.25. The van der Waals surface area contributed by atoms with Crippen molar-refractivity contribution in [1.29, 1.82) is 0 Å². The van der Waals surface area contributed by atoms with E-state index in [4.69, 9.17) is 16.2 Å². The van der Waals surface area contributed by atoms with Crippen molar-refractivity contribution in [3.8, 4) is 5.75 Å². The predicted molar refractivity (Wildman–Crippen MR) is 108 cm³/mol. The van der Waals surface area contributed by atoms with Crippen LogP contribution in [0, 0.1) is 11.7 Å². The first-order valence-corrected chi connectivity index (χ1v) is 9.73. The molecule has 2 atom stereocenters. The SMILES string of the molecule is COc1c(N2CC[C@H](C(C)N)C2)c(F)c(N)c2c(=O)c(C(=O)O)cn(C3CC3)c12. The molecule has 8 nitrogen and oxygen atoms in total. The Balaban J connectivity index is 2.04. The molecule has 1 aromatic carbocycles. The summed E-state index contributed by atoms with van der Waals surface area (Å²) in [7, 11) is 1.42. The maximum Gasteiger partial charge on any atom is 0.341 e. The van der Waals surface area contributed by atoms with Gasteiger partial charge in [0.2, 0.25) is 5.43 Å². The number of carbonyl (C=O) groups is 1. The monoisotopic (exact) mass is 404 g/mol. The molecule has 9 heteroatoms. The van der Waals surface area contributed by atoms with Crippen molar-refractivity contribution in [1.82, 2.24) is 4.57 Å². The molecule has 4 rings (SSSR count). The molecule has 1 aliphatic heterocycles. The van der Waals surface area contributed by atoms with Crippen molar-refractivity contribution < 1.29 is 19.0 Å². The molecule has 0 amide bonds. The first-order chi connectivity index (χ1) is 13.8. The zero-order valence-electron chi connectivity index (χ0n) is 16.4. The van der Waals surface area contributed by atoms with Gasteiger partial charge >= 0.3 is 5.97 Å². The number of ether oxygens (including phenoxy) is 1. The smallest absolute Gasteiger partial charge is 0.341 e. The van der Waals surface area contributed by atoms with Gasteiger partial charge in [0.25, 0.3) is 0 Å². The molecule has 5 N–H and O–H groups in total. The van der Waals surface area contributed by atoms with E-state index in [9.17, 15) is 14.7 Å². The van der Waals surface area contributed by atoms with Crippen molar-refractivity contribution in [2.24, 2.45) is 11.7 Å². The van der Waals surface area contributed by atoms with Crippen LogP contribution in [0.5, 0.6) is 5.75 Å². The van der Waals surface area contributed by atoms with Crippen molar-refractivity contribution in [2.75, 3.05) is 30.8 Å². The number of pyridine rings is 1. The topological polar surface area (TPSA) is 124 Å². The number of aromatic nitrogens is 1. The molecular weight excluding hydrogens is 379 g/mol. The zero-order valence-corrected chi connectivity index (χ0v) is 16.4. The van der Waals surface area contributed by atoms with Crippen LogP contribution in [0.4, 0.5) is 15.8 Å². The van der Waals surface area contributed by atoms with Gasteiger partial charge in [-0.25, -0.2) is 9.18 Å². The number of fused-ring (bicyclic) bond motifs is 1. The number of methoxy groups -OCH3 is 1. The first kappa shape index (κ1) is 19.5. The minimum Gasteiger partial charge on any atom is -0.492 e. The standard InChI is InChI=1S/C20H25FN4O4/c1-9(22)10-5-6-24(7-10)17-14(21)15(23)13-16(19(17)29-2)25(11-3-4-11)8-12(18(13)26)20(27)28/h8-11H,3-7,22-23H2,1-2H3,(H,27,28)/t9?,10-/m0/s1. The molecule has 2 heterocycles. The van der Waals surface area contributed by atoms with Crippen LogP contribution in [0.15, 0.2) is 11.0 Å². The van der Waals surface area contributed by atoms with E-state index in [1.807, 2.05) is 11.8 Å². The van der Waals surface area contributed by atoms with Crippen LogP contribution in [0.2, 0.25) is 0 Å². The van der Waals surface area contributed by atoms with Gasteiger partial charge in [-0.05, 0) is 32.1 Å². The number of halogens is 1. The Kier molecular flexibility index (Phi) is 4.65. The minimum absolute atomic E-state index is 0.0261. The van der Waals surface area contributed by atoms with Crippen molar-refractivity contribution in [3.63, 3.8) is 0 Å². The summed E-state index contributed by atoms with van der Waals surface area (Å²) in [5.74, 6) is -1.72. The Hall–Kier alpha value is -2.81. The van der Waals surface area contributed by atoms with Crippen molar-refractivity contribution in [2.45, 2.75) is 38.3 Å². The van der Waals surface area contributed by atoms with E-state index in [1.165, 1.54) is 13.3 Å². The lowest BCUT2D eigenvalue weighted by Gasteiger charge is -2.26.